The summed E-state index contributed by atoms with van der Waals surface area (Å²) in [5, 5.41) is 0.412. The highest BCUT2D eigenvalue weighted by atomic mass is 32.2. The van der Waals surface area contributed by atoms with Gasteiger partial charge < -0.3 is 0 Å². The van der Waals surface area contributed by atoms with Crippen LogP contribution in [0.15, 0.2) is 0 Å². The van der Waals surface area contributed by atoms with E-state index in [-0.39, 0.29) is 10.4 Å². The molecule has 1 unspecified atom stereocenters. The molecular formula is C7H8OS. The molecule has 0 saturated carbocycles. The van der Waals surface area contributed by atoms with Gasteiger partial charge in [0.05, 0.1) is 5.25 Å². The van der Waals surface area contributed by atoms with Crippen LogP contribution in [0.4, 0.5) is 0 Å². The summed E-state index contributed by atoms with van der Waals surface area (Å²) < 4.78 is 0. The van der Waals surface area contributed by atoms with Crippen LogP contribution in [0.5, 0.6) is 0 Å². The molecule has 0 spiro atoms. The van der Waals surface area contributed by atoms with Crippen molar-refractivity contribution in [2.45, 2.75) is 24.5 Å². The molecule has 1 aliphatic heterocycles. The second-order valence-electron chi connectivity index (χ2n) is 2.04. The van der Waals surface area contributed by atoms with Crippen molar-refractivity contribution in [3.05, 3.63) is 0 Å². The zero-order valence-electron chi connectivity index (χ0n) is 5.09. The highest BCUT2D eigenvalue weighted by Crippen LogP contribution is 2.25. The van der Waals surface area contributed by atoms with E-state index in [4.69, 9.17) is 6.42 Å². The van der Waals surface area contributed by atoms with Crippen molar-refractivity contribution in [2.75, 3.05) is 0 Å². The molecule has 1 rings (SSSR count). The van der Waals surface area contributed by atoms with Gasteiger partial charge in [-0.2, -0.15) is 0 Å². The van der Waals surface area contributed by atoms with Crippen LogP contribution in [0.2, 0.25) is 0 Å². The fraction of sp³-hybridized carbons (Fsp3) is 0.571. The number of carbonyl (C=O) groups excluding carboxylic acids is 1. The standard InChI is InChI=1S/C7H8OS/c1-2-6-4-3-5-7(8)9-6/h1,6H,3-5H2. The zero-order chi connectivity index (χ0) is 6.69. The molecule has 0 aromatic carbocycles. The van der Waals surface area contributed by atoms with Crippen LogP contribution in [0.1, 0.15) is 19.3 Å². The molecule has 9 heavy (non-hydrogen) atoms. The molecule has 0 aliphatic carbocycles. The molecule has 0 aromatic heterocycles. The quantitative estimate of drug-likeness (QED) is 0.473. The Hall–Kier alpha value is -0.420. The Morgan fingerprint density at radius 1 is 1.78 bits per heavy atom. The Morgan fingerprint density at radius 3 is 3.00 bits per heavy atom. The van der Waals surface area contributed by atoms with E-state index >= 15 is 0 Å². The second-order valence-corrected chi connectivity index (χ2v) is 3.30. The van der Waals surface area contributed by atoms with Gasteiger partial charge in [-0.15, -0.1) is 6.42 Å². The van der Waals surface area contributed by atoms with Crippen molar-refractivity contribution in [1.82, 2.24) is 0 Å². The Bertz CT molecular complexity index is 157. The van der Waals surface area contributed by atoms with Crippen LogP contribution in [0.3, 0.4) is 0 Å². The first-order valence-corrected chi connectivity index (χ1v) is 3.86. The summed E-state index contributed by atoms with van der Waals surface area (Å²) in [7, 11) is 0. The lowest BCUT2D eigenvalue weighted by molar-refractivity contribution is -0.111. The minimum absolute atomic E-state index is 0.159. The van der Waals surface area contributed by atoms with Crippen molar-refractivity contribution in [3.63, 3.8) is 0 Å². The van der Waals surface area contributed by atoms with Crippen molar-refractivity contribution in [3.8, 4) is 12.3 Å². The topological polar surface area (TPSA) is 17.1 Å². The number of hydrogen-bond donors (Lipinski definition) is 0. The predicted molar refractivity (Wildman–Crippen MR) is 39.1 cm³/mol. The summed E-state index contributed by atoms with van der Waals surface area (Å²) in [6.07, 6.45) is 7.83. The van der Waals surface area contributed by atoms with Gasteiger partial charge in [-0.25, -0.2) is 0 Å². The van der Waals surface area contributed by atoms with Crippen LogP contribution in [-0.4, -0.2) is 10.4 Å². The third kappa shape index (κ3) is 1.76. The fourth-order valence-electron chi connectivity index (χ4n) is 0.826. The van der Waals surface area contributed by atoms with Gasteiger partial charge in [-0.3, -0.25) is 4.79 Å². The zero-order valence-corrected chi connectivity index (χ0v) is 5.91. The SMILES string of the molecule is C#CC1CCCC(=O)S1. The number of hydrogen-bond acceptors (Lipinski definition) is 2. The number of terminal acetylenes is 1. The molecule has 0 N–H and O–H groups in total. The fourth-order valence-corrected chi connectivity index (χ4v) is 1.76. The van der Waals surface area contributed by atoms with Gasteiger partial charge in [0.1, 0.15) is 0 Å². The Morgan fingerprint density at radius 2 is 2.56 bits per heavy atom. The molecule has 1 fully saturated rings. The van der Waals surface area contributed by atoms with Crippen LogP contribution >= 0.6 is 11.8 Å². The first kappa shape index (κ1) is 6.70. The normalized spacial score (nSPS) is 27.4. The molecule has 1 saturated heterocycles. The molecule has 1 nitrogen and oxygen atoms in total. The third-order valence-corrected chi connectivity index (χ3v) is 2.43. The maximum absolute atomic E-state index is 10.7. The summed E-state index contributed by atoms with van der Waals surface area (Å²) in [6.45, 7) is 0. The van der Waals surface area contributed by atoms with Gasteiger partial charge in [0.15, 0.2) is 5.12 Å². The van der Waals surface area contributed by atoms with Gasteiger partial charge >= 0.3 is 0 Å². The largest absolute Gasteiger partial charge is 0.287 e. The molecule has 0 bridgehead atoms. The van der Waals surface area contributed by atoms with Crippen molar-refractivity contribution in [1.29, 1.82) is 0 Å². The molecule has 1 aliphatic rings. The van der Waals surface area contributed by atoms with E-state index in [1.807, 2.05) is 0 Å². The van der Waals surface area contributed by atoms with E-state index in [1.54, 1.807) is 0 Å². The number of carbonyl (C=O) groups is 1. The molecule has 1 heterocycles. The number of thioether (sulfide) groups is 1. The average Bonchev–Trinajstić information content (AvgIpc) is 1.88. The van der Waals surface area contributed by atoms with Crippen LogP contribution in [0, 0.1) is 12.3 Å². The van der Waals surface area contributed by atoms with Crippen molar-refractivity contribution < 1.29 is 4.79 Å². The van der Waals surface area contributed by atoms with E-state index in [0.717, 1.165) is 12.8 Å². The molecule has 48 valence electrons. The first-order valence-electron chi connectivity index (χ1n) is 2.98. The van der Waals surface area contributed by atoms with Gasteiger partial charge in [-0.1, -0.05) is 17.7 Å². The van der Waals surface area contributed by atoms with E-state index in [9.17, 15) is 4.79 Å². The molecular weight excluding hydrogens is 132 g/mol. The highest BCUT2D eigenvalue weighted by molar-refractivity contribution is 8.14. The first-order chi connectivity index (χ1) is 4.33. The minimum atomic E-state index is 0.159. The summed E-state index contributed by atoms with van der Waals surface area (Å²) >= 11 is 1.31. The monoisotopic (exact) mass is 140 g/mol. The summed E-state index contributed by atoms with van der Waals surface area (Å²) in [4.78, 5) is 10.7. The molecule has 0 aromatic rings. The second kappa shape index (κ2) is 2.93. The molecule has 1 atom stereocenters. The lowest BCUT2D eigenvalue weighted by Crippen LogP contribution is -2.10. The maximum atomic E-state index is 10.7. The van der Waals surface area contributed by atoms with Gasteiger partial charge in [0.2, 0.25) is 0 Å². The van der Waals surface area contributed by atoms with Crippen LogP contribution in [-0.2, 0) is 4.79 Å². The van der Waals surface area contributed by atoms with Gasteiger partial charge in [0.25, 0.3) is 0 Å². The van der Waals surface area contributed by atoms with Crippen LogP contribution < -0.4 is 0 Å². The Kier molecular flexibility index (Phi) is 2.18. The molecule has 2 heteroatoms. The predicted octanol–water partition coefficient (Wildman–Crippen LogP) is 1.43. The van der Waals surface area contributed by atoms with Gasteiger partial charge in [0, 0.05) is 6.42 Å². The highest BCUT2D eigenvalue weighted by Gasteiger charge is 2.17. The minimum Gasteiger partial charge on any atom is -0.287 e. The van der Waals surface area contributed by atoms with Crippen molar-refractivity contribution in [2.24, 2.45) is 0 Å². The smallest absolute Gasteiger partial charge is 0.190 e. The Balaban J connectivity index is 2.43. The number of rotatable bonds is 0. The van der Waals surface area contributed by atoms with E-state index in [0.29, 0.717) is 6.42 Å². The average molecular weight is 140 g/mol. The Labute approximate surface area is 59.2 Å². The van der Waals surface area contributed by atoms with Crippen LogP contribution in [0.25, 0.3) is 0 Å². The maximum Gasteiger partial charge on any atom is 0.190 e. The van der Waals surface area contributed by atoms with E-state index < -0.39 is 0 Å². The van der Waals surface area contributed by atoms with Gasteiger partial charge in [-0.05, 0) is 12.8 Å². The molecule has 0 amide bonds. The van der Waals surface area contributed by atoms with E-state index in [1.165, 1.54) is 11.8 Å². The third-order valence-electron chi connectivity index (χ3n) is 1.31. The molecule has 0 radical (unpaired) electrons. The van der Waals surface area contributed by atoms with Crippen molar-refractivity contribution >= 4 is 16.9 Å². The lowest BCUT2D eigenvalue weighted by atomic mass is 10.2. The van der Waals surface area contributed by atoms with E-state index in [2.05, 4.69) is 5.92 Å². The summed E-state index contributed by atoms with van der Waals surface area (Å²) in [5.74, 6) is 2.58. The summed E-state index contributed by atoms with van der Waals surface area (Å²) in [6, 6.07) is 0. The lowest BCUT2D eigenvalue weighted by Gasteiger charge is -2.13. The summed E-state index contributed by atoms with van der Waals surface area (Å²) in [5.41, 5.74) is 0.